The number of hydrogen-bond donors (Lipinski definition) is 0. The largest absolute Gasteiger partial charge is 0.371 e. The topological polar surface area (TPSA) is 34.0 Å². The van der Waals surface area contributed by atoms with Gasteiger partial charge in [0.1, 0.15) is 0 Å². The minimum absolute atomic E-state index is 0.668. The van der Waals surface area contributed by atoms with E-state index >= 15 is 0 Å². The summed E-state index contributed by atoms with van der Waals surface area (Å²) >= 11 is 6.18. The molecule has 0 N–H and O–H groups in total. The highest BCUT2D eigenvalue weighted by atomic mass is 35.5. The van der Waals surface area contributed by atoms with Crippen LogP contribution in [0, 0.1) is 5.92 Å². The van der Waals surface area contributed by atoms with Crippen molar-refractivity contribution in [3.05, 3.63) is 53.4 Å². The van der Waals surface area contributed by atoms with Gasteiger partial charge in [-0.05, 0) is 48.6 Å². The van der Waals surface area contributed by atoms with Crippen LogP contribution in [0.5, 0.6) is 0 Å². The molecule has 4 rings (SSSR count). The number of aryl methyl sites for hydroxylation is 1. The highest BCUT2D eigenvalue weighted by molar-refractivity contribution is 6.31. The lowest BCUT2D eigenvalue weighted by Gasteiger charge is -2.20. The summed E-state index contributed by atoms with van der Waals surface area (Å²) in [5.74, 6) is 0.668. The third-order valence-electron chi connectivity index (χ3n) is 4.59. The summed E-state index contributed by atoms with van der Waals surface area (Å²) < 4.78 is 1.88. The summed E-state index contributed by atoms with van der Waals surface area (Å²) in [6, 6.07) is 8.01. The number of hydrogen-bond acceptors (Lipinski definition) is 3. The third-order valence-corrected chi connectivity index (χ3v) is 4.82. The van der Waals surface area contributed by atoms with Gasteiger partial charge < -0.3 is 4.90 Å². The number of anilines is 1. The molecule has 118 valence electrons. The van der Waals surface area contributed by atoms with E-state index in [1.165, 1.54) is 17.7 Å². The van der Waals surface area contributed by atoms with Crippen LogP contribution in [0.2, 0.25) is 5.02 Å². The lowest BCUT2D eigenvalue weighted by molar-refractivity contribution is 0.586. The van der Waals surface area contributed by atoms with Gasteiger partial charge in [-0.1, -0.05) is 11.6 Å². The Kier molecular flexibility index (Phi) is 3.69. The van der Waals surface area contributed by atoms with Gasteiger partial charge in [-0.3, -0.25) is 9.67 Å². The van der Waals surface area contributed by atoms with E-state index in [0.717, 1.165) is 35.4 Å². The Morgan fingerprint density at radius 1 is 1.30 bits per heavy atom. The van der Waals surface area contributed by atoms with Gasteiger partial charge in [0, 0.05) is 48.6 Å². The quantitative estimate of drug-likeness (QED) is 0.736. The van der Waals surface area contributed by atoms with E-state index < -0.39 is 0 Å². The molecule has 1 aliphatic heterocycles. The standard InChI is InChI=1S/C18H19ClN4/c1-22-11-14(10-21-22)8-13-5-7-23(12-13)18-4-6-20-17-3-2-15(19)9-16(17)18/h2-4,6,9-11,13H,5,7-8,12H2,1H3. The first-order valence-corrected chi connectivity index (χ1v) is 8.33. The van der Waals surface area contributed by atoms with Crippen LogP contribution >= 0.6 is 11.6 Å². The van der Waals surface area contributed by atoms with E-state index in [9.17, 15) is 0 Å². The van der Waals surface area contributed by atoms with Crippen molar-refractivity contribution in [2.24, 2.45) is 13.0 Å². The molecule has 2 aromatic heterocycles. The second-order valence-electron chi connectivity index (χ2n) is 6.32. The van der Waals surface area contributed by atoms with Crippen LogP contribution in [0.4, 0.5) is 5.69 Å². The Morgan fingerprint density at radius 2 is 2.22 bits per heavy atom. The smallest absolute Gasteiger partial charge is 0.0723 e. The zero-order chi connectivity index (χ0) is 15.8. The molecular formula is C18H19ClN4. The molecule has 3 heterocycles. The van der Waals surface area contributed by atoms with Crippen LogP contribution in [-0.4, -0.2) is 27.9 Å². The molecule has 1 aromatic carbocycles. The van der Waals surface area contributed by atoms with E-state index in [4.69, 9.17) is 11.6 Å². The molecule has 23 heavy (non-hydrogen) atoms. The molecule has 0 radical (unpaired) electrons. The normalized spacial score (nSPS) is 18.0. The summed E-state index contributed by atoms with van der Waals surface area (Å²) in [5, 5.41) is 6.17. The van der Waals surface area contributed by atoms with E-state index in [1.54, 1.807) is 0 Å². The zero-order valence-electron chi connectivity index (χ0n) is 13.1. The molecule has 1 atom stereocenters. The summed E-state index contributed by atoms with van der Waals surface area (Å²) in [5.41, 5.74) is 3.57. The van der Waals surface area contributed by atoms with Crippen molar-refractivity contribution in [3.63, 3.8) is 0 Å². The second kappa shape index (κ2) is 5.85. The van der Waals surface area contributed by atoms with Crippen molar-refractivity contribution >= 4 is 28.2 Å². The number of benzene rings is 1. The molecule has 1 saturated heterocycles. The van der Waals surface area contributed by atoms with Crippen LogP contribution < -0.4 is 4.90 Å². The molecule has 1 aliphatic rings. The summed E-state index contributed by atoms with van der Waals surface area (Å²) in [7, 11) is 1.97. The number of aromatic nitrogens is 3. The van der Waals surface area contributed by atoms with Crippen LogP contribution in [0.1, 0.15) is 12.0 Å². The van der Waals surface area contributed by atoms with Crippen molar-refractivity contribution < 1.29 is 0 Å². The molecule has 5 heteroatoms. The Hall–Kier alpha value is -2.07. The summed E-state index contributed by atoms with van der Waals surface area (Å²) in [6.45, 7) is 2.15. The van der Waals surface area contributed by atoms with E-state index in [1.807, 2.05) is 42.3 Å². The predicted molar refractivity (Wildman–Crippen MR) is 94.0 cm³/mol. The monoisotopic (exact) mass is 326 g/mol. The fraction of sp³-hybridized carbons (Fsp3) is 0.333. The predicted octanol–water partition coefficient (Wildman–Crippen LogP) is 3.69. The van der Waals surface area contributed by atoms with Gasteiger partial charge in [-0.15, -0.1) is 0 Å². The van der Waals surface area contributed by atoms with Crippen LogP contribution in [-0.2, 0) is 13.5 Å². The van der Waals surface area contributed by atoms with Crippen molar-refractivity contribution in [1.82, 2.24) is 14.8 Å². The first-order chi connectivity index (χ1) is 11.2. The van der Waals surface area contributed by atoms with Gasteiger partial charge in [-0.25, -0.2) is 0 Å². The fourth-order valence-electron chi connectivity index (χ4n) is 3.51. The fourth-order valence-corrected chi connectivity index (χ4v) is 3.68. The molecule has 0 amide bonds. The lowest BCUT2D eigenvalue weighted by atomic mass is 10.0. The van der Waals surface area contributed by atoms with Gasteiger partial charge in [0.15, 0.2) is 0 Å². The maximum atomic E-state index is 6.18. The Balaban J connectivity index is 1.56. The molecule has 1 unspecified atom stereocenters. The van der Waals surface area contributed by atoms with Gasteiger partial charge in [0.05, 0.1) is 11.7 Å². The highest BCUT2D eigenvalue weighted by Gasteiger charge is 2.24. The van der Waals surface area contributed by atoms with Crippen molar-refractivity contribution in [1.29, 1.82) is 0 Å². The molecule has 0 spiro atoms. The van der Waals surface area contributed by atoms with E-state index in [2.05, 4.69) is 27.2 Å². The first-order valence-electron chi connectivity index (χ1n) is 7.96. The van der Waals surface area contributed by atoms with Gasteiger partial charge in [0.25, 0.3) is 0 Å². The van der Waals surface area contributed by atoms with Crippen molar-refractivity contribution in [3.8, 4) is 0 Å². The highest BCUT2D eigenvalue weighted by Crippen LogP contribution is 2.32. The zero-order valence-corrected chi connectivity index (χ0v) is 13.9. The van der Waals surface area contributed by atoms with Crippen LogP contribution in [0.15, 0.2) is 42.9 Å². The number of rotatable bonds is 3. The average Bonchev–Trinajstić information content (AvgIpc) is 3.16. The maximum absolute atomic E-state index is 6.18. The first kappa shape index (κ1) is 14.5. The number of nitrogens with zero attached hydrogens (tertiary/aromatic N) is 4. The number of halogens is 1. The molecule has 1 fully saturated rings. The summed E-state index contributed by atoms with van der Waals surface area (Å²) in [6.07, 6.45) is 8.28. The maximum Gasteiger partial charge on any atom is 0.0723 e. The minimum atomic E-state index is 0.668. The molecule has 0 aliphatic carbocycles. The Morgan fingerprint density at radius 3 is 3.04 bits per heavy atom. The Bertz CT molecular complexity index is 842. The van der Waals surface area contributed by atoms with Gasteiger partial charge in [-0.2, -0.15) is 5.10 Å². The average molecular weight is 327 g/mol. The van der Waals surface area contributed by atoms with Gasteiger partial charge in [0.2, 0.25) is 0 Å². The van der Waals surface area contributed by atoms with E-state index in [0.29, 0.717) is 5.92 Å². The molecule has 0 bridgehead atoms. The minimum Gasteiger partial charge on any atom is -0.371 e. The van der Waals surface area contributed by atoms with Crippen LogP contribution in [0.25, 0.3) is 10.9 Å². The lowest BCUT2D eigenvalue weighted by Crippen LogP contribution is -2.20. The van der Waals surface area contributed by atoms with E-state index in [-0.39, 0.29) is 0 Å². The van der Waals surface area contributed by atoms with Gasteiger partial charge >= 0.3 is 0 Å². The number of pyridine rings is 1. The molecule has 4 nitrogen and oxygen atoms in total. The number of fused-ring (bicyclic) bond motifs is 1. The Labute approximate surface area is 140 Å². The van der Waals surface area contributed by atoms with Crippen molar-refractivity contribution in [2.75, 3.05) is 18.0 Å². The van der Waals surface area contributed by atoms with Crippen LogP contribution in [0.3, 0.4) is 0 Å². The van der Waals surface area contributed by atoms with Crippen molar-refractivity contribution in [2.45, 2.75) is 12.8 Å². The SMILES string of the molecule is Cn1cc(CC2CCN(c3ccnc4ccc(Cl)cc34)C2)cn1. The third kappa shape index (κ3) is 2.91. The molecule has 3 aromatic rings. The summed E-state index contributed by atoms with van der Waals surface area (Å²) in [4.78, 5) is 6.91. The molecular weight excluding hydrogens is 308 g/mol. The molecule has 0 saturated carbocycles. The second-order valence-corrected chi connectivity index (χ2v) is 6.76.